The van der Waals surface area contributed by atoms with Gasteiger partial charge in [-0.25, -0.2) is 0 Å². The Morgan fingerprint density at radius 3 is 2.67 bits per heavy atom. The summed E-state index contributed by atoms with van der Waals surface area (Å²) in [6, 6.07) is 0.514. The highest BCUT2D eigenvalue weighted by Crippen LogP contribution is 2.12. The van der Waals surface area contributed by atoms with Crippen LogP contribution in [-0.4, -0.2) is 39.7 Å². The van der Waals surface area contributed by atoms with Gasteiger partial charge in [0.15, 0.2) is 0 Å². The Morgan fingerprint density at radius 1 is 1.50 bits per heavy atom. The highest BCUT2D eigenvalue weighted by atomic mass is 16.2. The molecule has 18 heavy (non-hydrogen) atoms. The number of hydrogen-bond acceptors (Lipinski definition) is 3. The normalized spacial score (nSPS) is 17.2. The van der Waals surface area contributed by atoms with Gasteiger partial charge in [0.1, 0.15) is 0 Å². The highest BCUT2D eigenvalue weighted by molar-refractivity contribution is 5.73. The van der Waals surface area contributed by atoms with E-state index in [1.54, 1.807) is 6.92 Å². The maximum atomic E-state index is 11.2. The first-order chi connectivity index (χ1) is 8.56. The molecule has 2 heterocycles. The van der Waals surface area contributed by atoms with Crippen LogP contribution in [-0.2, 0) is 18.4 Å². The predicted molar refractivity (Wildman–Crippen MR) is 70.1 cm³/mol. The molecule has 1 aromatic rings. The lowest BCUT2D eigenvalue weighted by Gasteiger charge is -2.31. The largest absolute Gasteiger partial charge is 0.343 e. The molecular weight excluding hydrogens is 228 g/mol. The van der Waals surface area contributed by atoms with Gasteiger partial charge in [-0.3, -0.25) is 9.48 Å². The summed E-state index contributed by atoms with van der Waals surface area (Å²) in [6.07, 6.45) is 4.14. The molecule has 100 valence electrons. The summed E-state index contributed by atoms with van der Waals surface area (Å²) in [4.78, 5) is 13.2. The Hall–Kier alpha value is -1.36. The van der Waals surface area contributed by atoms with Crippen LogP contribution in [0.1, 0.15) is 31.0 Å². The molecule has 0 aliphatic carbocycles. The molecule has 1 fully saturated rings. The van der Waals surface area contributed by atoms with Gasteiger partial charge in [0.2, 0.25) is 5.91 Å². The number of carbonyl (C=O) groups is 1. The number of nitrogens with one attached hydrogen (secondary N) is 1. The van der Waals surface area contributed by atoms with Crippen LogP contribution in [0.25, 0.3) is 0 Å². The van der Waals surface area contributed by atoms with Crippen molar-refractivity contribution in [1.29, 1.82) is 0 Å². The first-order valence-corrected chi connectivity index (χ1v) is 6.54. The van der Waals surface area contributed by atoms with Crippen molar-refractivity contribution in [3.8, 4) is 0 Å². The van der Waals surface area contributed by atoms with E-state index in [0.29, 0.717) is 6.04 Å². The third-order valence-corrected chi connectivity index (χ3v) is 3.64. The highest BCUT2D eigenvalue weighted by Gasteiger charge is 2.20. The summed E-state index contributed by atoms with van der Waals surface area (Å²) in [5.41, 5.74) is 2.35. The molecule has 1 amide bonds. The Balaban J connectivity index is 1.79. The third kappa shape index (κ3) is 3.10. The molecule has 0 atom stereocenters. The van der Waals surface area contributed by atoms with Crippen molar-refractivity contribution >= 4 is 5.91 Å². The van der Waals surface area contributed by atoms with Crippen molar-refractivity contribution in [3.05, 3.63) is 17.5 Å². The topological polar surface area (TPSA) is 50.2 Å². The van der Waals surface area contributed by atoms with Crippen molar-refractivity contribution in [1.82, 2.24) is 20.0 Å². The fraction of sp³-hybridized carbons (Fsp3) is 0.692. The molecule has 0 aromatic carbocycles. The lowest BCUT2D eigenvalue weighted by atomic mass is 10.0. The van der Waals surface area contributed by atoms with Gasteiger partial charge in [0.25, 0.3) is 0 Å². The minimum Gasteiger partial charge on any atom is -0.343 e. The summed E-state index contributed by atoms with van der Waals surface area (Å²) in [5.74, 6) is 0.191. The molecule has 1 saturated heterocycles. The number of nitrogens with zero attached hydrogens (tertiary/aromatic N) is 3. The van der Waals surface area contributed by atoms with Crippen molar-refractivity contribution in [2.45, 2.75) is 39.3 Å². The molecule has 2 rings (SSSR count). The molecule has 0 bridgehead atoms. The van der Waals surface area contributed by atoms with Gasteiger partial charge in [-0.1, -0.05) is 0 Å². The molecule has 1 N–H and O–H groups in total. The van der Waals surface area contributed by atoms with Gasteiger partial charge >= 0.3 is 0 Å². The Kier molecular flexibility index (Phi) is 4.01. The van der Waals surface area contributed by atoms with Crippen LogP contribution in [0.5, 0.6) is 0 Å². The third-order valence-electron chi connectivity index (χ3n) is 3.64. The number of piperidine rings is 1. The summed E-state index contributed by atoms with van der Waals surface area (Å²) in [7, 11) is 1.95. The zero-order valence-corrected chi connectivity index (χ0v) is 11.4. The van der Waals surface area contributed by atoms with Crippen LogP contribution in [0.15, 0.2) is 6.20 Å². The van der Waals surface area contributed by atoms with E-state index in [9.17, 15) is 4.79 Å². The van der Waals surface area contributed by atoms with Crippen LogP contribution in [0, 0.1) is 6.92 Å². The zero-order chi connectivity index (χ0) is 13.1. The second kappa shape index (κ2) is 5.52. The van der Waals surface area contributed by atoms with E-state index in [1.807, 2.05) is 23.6 Å². The molecule has 1 aliphatic rings. The second-order valence-corrected chi connectivity index (χ2v) is 5.07. The first-order valence-electron chi connectivity index (χ1n) is 6.54. The molecule has 1 aliphatic heterocycles. The van der Waals surface area contributed by atoms with Crippen molar-refractivity contribution < 1.29 is 4.79 Å². The number of likely N-dealkylation sites (tertiary alicyclic amines) is 1. The molecule has 0 spiro atoms. The first kappa shape index (κ1) is 13.1. The second-order valence-electron chi connectivity index (χ2n) is 5.07. The van der Waals surface area contributed by atoms with Crippen LogP contribution in [0.4, 0.5) is 0 Å². The molecule has 0 unspecified atom stereocenters. The Labute approximate surface area is 108 Å². The summed E-state index contributed by atoms with van der Waals surface area (Å²) in [6.45, 7) is 6.30. The van der Waals surface area contributed by atoms with Crippen LogP contribution < -0.4 is 5.32 Å². The quantitative estimate of drug-likeness (QED) is 0.864. The number of rotatable bonds is 3. The van der Waals surface area contributed by atoms with E-state index in [2.05, 4.69) is 16.6 Å². The lowest BCUT2D eigenvalue weighted by Crippen LogP contribution is -2.43. The van der Waals surface area contributed by atoms with E-state index in [1.165, 1.54) is 5.56 Å². The SMILES string of the molecule is CC(=O)N1CCC(NCc2cn(C)nc2C)CC1. The summed E-state index contributed by atoms with van der Waals surface area (Å²) < 4.78 is 1.85. The Bertz CT molecular complexity index is 419. The number of aryl methyl sites for hydroxylation is 2. The van der Waals surface area contributed by atoms with E-state index in [-0.39, 0.29) is 5.91 Å². The van der Waals surface area contributed by atoms with E-state index < -0.39 is 0 Å². The number of carbonyl (C=O) groups excluding carboxylic acids is 1. The smallest absolute Gasteiger partial charge is 0.219 e. The van der Waals surface area contributed by atoms with Gasteiger partial charge in [0, 0.05) is 51.4 Å². The molecular formula is C13H22N4O. The van der Waals surface area contributed by atoms with E-state index >= 15 is 0 Å². The number of hydrogen-bond donors (Lipinski definition) is 1. The summed E-state index contributed by atoms with van der Waals surface area (Å²) >= 11 is 0. The van der Waals surface area contributed by atoms with Crippen molar-refractivity contribution in [3.63, 3.8) is 0 Å². The molecule has 5 heteroatoms. The van der Waals surface area contributed by atoms with Crippen molar-refractivity contribution in [2.75, 3.05) is 13.1 Å². The maximum Gasteiger partial charge on any atom is 0.219 e. The molecule has 0 saturated carbocycles. The van der Waals surface area contributed by atoms with Gasteiger partial charge in [-0.2, -0.15) is 5.10 Å². The summed E-state index contributed by atoms with van der Waals surface area (Å²) in [5, 5.41) is 7.89. The molecule has 0 radical (unpaired) electrons. The van der Waals surface area contributed by atoms with Gasteiger partial charge < -0.3 is 10.2 Å². The van der Waals surface area contributed by atoms with Crippen molar-refractivity contribution in [2.24, 2.45) is 7.05 Å². The number of amides is 1. The fourth-order valence-corrected chi connectivity index (χ4v) is 2.48. The van der Waals surface area contributed by atoms with Crippen LogP contribution in [0.3, 0.4) is 0 Å². The molecule has 5 nitrogen and oxygen atoms in total. The zero-order valence-electron chi connectivity index (χ0n) is 11.4. The maximum absolute atomic E-state index is 11.2. The minimum absolute atomic E-state index is 0.191. The minimum atomic E-state index is 0.191. The van der Waals surface area contributed by atoms with E-state index in [0.717, 1.165) is 38.2 Å². The fourth-order valence-electron chi connectivity index (χ4n) is 2.48. The molecule has 1 aromatic heterocycles. The predicted octanol–water partition coefficient (Wildman–Crippen LogP) is 0.829. The van der Waals surface area contributed by atoms with Gasteiger partial charge in [-0.15, -0.1) is 0 Å². The standard InChI is InChI=1S/C13H22N4O/c1-10-12(9-16(3)15-10)8-14-13-4-6-17(7-5-13)11(2)18/h9,13-14H,4-8H2,1-3H3. The monoisotopic (exact) mass is 250 g/mol. The van der Waals surface area contributed by atoms with Crippen LogP contribution in [0.2, 0.25) is 0 Å². The average molecular weight is 250 g/mol. The van der Waals surface area contributed by atoms with Gasteiger partial charge in [0.05, 0.1) is 5.69 Å². The lowest BCUT2D eigenvalue weighted by molar-refractivity contribution is -0.129. The van der Waals surface area contributed by atoms with Gasteiger partial charge in [-0.05, 0) is 19.8 Å². The van der Waals surface area contributed by atoms with E-state index in [4.69, 9.17) is 0 Å². The van der Waals surface area contributed by atoms with Crippen LogP contribution >= 0.6 is 0 Å². The number of aromatic nitrogens is 2. The average Bonchev–Trinajstić information content (AvgIpc) is 2.66. The Morgan fingerprint density at radius 2 is 2.17 bits per heavy atom.